The Morgan fingerprint density at radius 1 is 1.33 bits per heavy atom. The zero-order chi connectivity index (χ0) is 10.8. The van der Waals surface area contributed by atoms with Gasteiger partial charge in [0, 0.05) is 13.1 Å². The van der Waals surface area contributed by atoms with Gasteiger partial charge in [-0.25, -0.2) is 4.39 Å². The number of hydrogen-bond acceptors (Lipinski definition) is 1. The lowest BCUT2D eigenvalue weighted by molar-refractivity contribution is 0.0795. The summed E-state index contributed by atoms with van der Waals surface area (Å²) < 4.78 is 13.9. The van der Waals surface area contributed by atoms with Crippen LogP contribution in [0.5, 0.6) is 0 Å². The molecule has 0 bridgehead atoms. The molecular weight excluding hydrogens is 261 g/mol. The average Bonchev–Trinajstić information content (AvgIpc) is 2.74. The SMILES string of the molecule is O=C(c1cccc(Br)c1F)N1CC=CC1. The topological polar surface area (TPSA) is 20.3 Å². The summed E-state index contributed by atoms with van der Waals surface area (Å²) >= 11 is 3.06. The fraction of sp³-hybridized carbons (Fsp3) is 0.182. The Hall–Kier alpha value is -1.16. The van der Waals surface area contributed by atoms with Crippen molar-refractivity contribution in [2.24, 2.45) is 0 Å². The van der Waals surface area contributed by atoms with Crippen molar-refractivity contribution in [1.29, 1.82) is 0 Å². The first-order valence-corrected chi connectivity index (χ1v) is 5.37. The van der Waals surface area contributed by atoms with Crippen molar-refractivity contribution in [2.45, 2.75) is 0 Å². The predicted molar refractivity (Wildman–Crippen MR) is 59.1 cm³/mol. The highest BCUT2D eigenvalue weighted by Gasteiger charge is 2.20. The summed E-state index contributed by atoms with van der Waals surface area (Å²) in [6, 6.07) is 4.74. The zero-order valence-electron chi connectivity index (χ0n) is 7.91. The van der Waals surface area contributed by atoms with Gasteiger partial charge in [-0.3, -0.25) is 4.79 Å². The van der Waals surface area contributed by atoms with Crippen molar-refractivity contribution in [3.63, 3.8) is 0 Å². The van der Waals surface area contributed by atoms with Crippen molar-refractivity contribution in [2.75, 3.05) is 13.1 Å². The van der Waals surface area contributed by atoms with Gasteiger partial charge in [0.15, 0.2) is 0 Å². The molecule has 15 heavy (non-hydrogen) atoms. The molecule has 0 saturated heterocycles. The molecule has 1 amide bonds. The molecule has 0 saturated carbocycles. The molecule has 1 aromatic rings. The first-order valence-electron chi connectivity index (χ1n) is 4.58. The fourth-order valence-electron chi connectivity index (χ4n) is 1.48. The Morgan fingerprint density at radius 2 is 2.00 bits per heavy atom. The number of nitrogens with zero attached hydrogens (tertiary/aromatic N) is 1. The summed E-state index contributed by atoms with van der Waals surface area (Å²) in [5, 5.41) is 0. The molecule has 2 nitrogen and oxygen atoms in total. The Bertz CT molecular complexity index is 423. The van der Waals surface area contributed by atoms with E-state index in [1.54, 1.807) is 17.0 Å². The Morgan fingerprint density at radius 3 is 2.67 bits per heavy atom. The molecule has 0 fully saturated rings. The second kappa shape index (κ2) is 4.14. The number of halogens is 2. The molecule has 0 unspecified atom stereocenters. The monoisotopic (exact) mass is 269 g/mol. The maximum absolute atomic E-state index is 13.6. The highest BCUT2D eigenvalue weighted by molar-refractivity contribution is 9.10. The van der Waals surface area contributed by atoms with Crippen molar-refractivity contribution < 1.29 is 9.18 Å². The number of amides is 1. The van der Waals surface area contributed by atoms with Gasteiger partial charge in [-0.2, -0.15) is 0 Å². The first kappa shape index (κ1) is 10.4. The van der Waals surface area contributed by atoms with Crippen LogP contribution in [0.1, 0.15) is 10.4 Å². The van der Waals surface area contributed by atoms with E-state index in [4.69, 9.17) is 0 Å². The smallest absolute Gasteiger partial charge is 0.257 e. The van der Waals surface area contributed by atoms with Gasteiger partial charge in [-0.15, -0.1) is 0 Å². The van der Waals surface area contributed by atoms with Crippen LogP contribution in [0.15, 0.2) is 34.8 Å². The number of rotatable bonds is 1. The minimum atomic E-state index is -0.491. The van der Waals surface area contributed by atoms with Crippen LogP contribution in [0, 0.1) is 5.82 Å². The molecule has 0 N–H and O–H groups in total. The highest BCUT2D eigenvalue weighted by atomic mass is 79.9. The third kappa shape index (κ3) is 1.95. The number of hydrogen-bond donors (Lipinski definition) is 0. The predicted octanol–water partition coefficient (Wildman–Crippen LogP) is 2.60. The van der Waals surface area contributed by atoms with Gasteiger partial charge >= 0.3 is 0 Å². The summed E-state index contributed by atoms with van der Waals surface area (Å²) in [5.74, 6) is -0.756. The highest BCUT2D eigenvalue weighted by Crippen LogP contribution is 2.20. The second-order valence-corrected chi connectivity index (χ2v) is 4.14. The van der Waals surface area contributed by atoms with Crippen molar-refractivity contribution >= 4 is 21.8 Å². The summed E-state index contributed by atoms with van der Waals surface area (Å²) in [7, 11) is 0. The maximum Gasteiger partial charge on any atom is 0.257 e. The third-order valence-electron chi connectivity index (χ3n) is 2.29. The Labute approximate surface area is 95.5 Å². The molecule has 0 aromatic heterocycles. The molecule has 0 spiro atoms. The lowest BCUT2D eigenvalue weighted by Gasteiger charge is -2.15. The second-order valence-electron chi connectivity index (χ2n) is 3.28. The van der Waals surface area contributed by atoms with Gasteiger partial charge in [0.2, 0.25) is 0 Å². The molecule has 0 aliphatic carbocycles. The van der Waals surface area contributed by atoms with E-state index in [0.717, 1.165) is 0 Å². The summed E-state index contributed by atoms with van der Waals surface area (Å²) in [4.78, 5) is 13.4. The lowest BCUT2D eigenvalue weighted by Crippen LogP contribution is -2.29. The minimum absolute atomic E-state index is 0.119. The van der Waals surface area contributed by atoms with E-state index in [2.05, 4.69) is 15.9 Å². The van der Waals surface area contributed by atoms with E-state index < -0.39 is 5.82 Å². The van der Waals surface area contributed by atoms with Crippen molar-refractivity contribution in [3.8, 4) is 0 Å². The van der Waals surface area contributed by atoms with Gasteiger partial charge in [-0.05, 0) is 28.1 Å². The quantitative estimate of drug-likeness (QED) is 0.718. The molecule has 4 heteroatoms. The van der Waals surface area contributed by atoms with Crippen LogP contribution in [0.3, 0.4) is 0 Å². The number of carbonyl (C=O) groups is 1. The van der Waals surface area contributed by atoms with Crippen molar-refractivity contribution in [1.82, 2.24) is 4.90 Å². The van der Waals surface area contributed by atoms with E-state index in [1.807, 2.05) is 12.2 Å². The largest absolute Gasteiger partial charge is 0.331 e. The van der Waals surface area contributed by atoms with Crippen LogP contribution in [0.2, 0.25) is 0 Å². The van der Waals surface area contributed by atoms with Gasteiger partial charge < -0.3 is 4.90 Å². The minimum Gasteiger partial charge on any atom is -0.331 e. The maximum atomic E-state index is 13.6. The molecule has 2 rings (SSSR count). The molecule has 0 atom stereocenters. The number of benzene rings is 1. The zero-order valence-corrected chi connectivity index (χ0v) is 9.50. The summed E-state index contributed by atoms with van der Waals surface area (Å²) in [6.07, 6.45) is 3.79. The average molecular weight is 270 g/mol. The molecule has 1 aromatic carbocycles. The van der Waals surface area contributed by atoms with Gasteiger partial charge in [-0.1, -0.05) is 18.2 Å². The molecular formula is C11H9BrFNO. The van der Waals surface area contributed by atoms with Crippen LogP contribution in [-0.2, 0) is 0 Å². The normalized spacial score (nSPS) is 14.7. The molecule has 78 valence electrons. The lowest BCUT2D eigenvalue weighted by atomic mass is 10.2. The van der Waals surface area contributed by atoms with Gasteiger partial charge in [0.25, 0.3) is 5.91 Å². The fourth-order valence-corrected chi connectivity index (χ4v) is 1.85. The van der Waals surface area contributed by atoms with Crippen LogP contribution >= 0.6 is 15.9 Å². The van der Waals surface area contributed by atoms with Crippen LogP contribution in [-0.4, -0.2) is 23.9 Å². The van der Waals surface area contributed by atoms with Crippen LogP contribution in [0.4, 0.5) is 4.39 Å². The third-order valence-corrected chi connectivity index (χ3v) is 2.90. The molecule has 1 aliphatic rings. The summed E-state index contributed by atoms with van der Waals surface area (Å²) in [5.41, 5.74) is 0.119. The standard InChI is InChI=1S/C11H9BrFNO/c12-9-5-3-4-8(10(9)13)11(15)14-6-1-2-7-14/h1-5H,6-7H2. The van der Waals surface area contributed by atoms with Crippen LogP contribution < -0.4 is 0 Å². The van der Waals surface area contributed by atoms with E-state index in [0.29, 0.717) is 17.6 Å². The molecule has 0 radical (unpaired) electrons. The van der Waals surface area contributed by atoms with E-state index in [9.17, 15) is 9.18 Å². The summed E-state index contributed by atoms with van der Waals surface area (Å²) in [6.45, 7) is 1.12. The Balaban J connectivity index is 2.29. The van der Waals surface area contributed by atoms with Gasteiger partial charge in [0.05, 0.1) is 10.0 Å². The molecule has 1 heterocycles. The first-order chi connectivity index (χ1) is 7.20. The Kier molecular flexibility index (Phi) is 2.86. The van der Waals surface area contributed by atoms with Crippen molar-refractivity contribution in [3.05, 3.63) is 46.2 Å². The van der Waals surface area contributed by atoms with Crippen LogP contribution in [0.25, 0.3) is 0 Å². The van der Waals surface area contributed by atoms with E-state index >= 15 is 0 Å². The van der Waals surface area contributed by atoms with Gasteiger partial charge in [0.1, 0.15) is 5.82 Å². The molecule has 1 aliphatic heterocycles. The van der Waals surface area contributed by atoms with E-state index in [-0.39, 0.29) is 11.5 Å². The van der Waals surface area contributed by atoms with E-state index in [1.165, 1.54) is 6.07 Å². The number of carbonyl (C=O) groups excluding carboxylic acids is 1.